The van der Waals surface area contributed by atoms with Gasteiger partial charge in [-0.25, -0.2) is 4.79 Å². The molecule has 0 bridgehead atoms. The van der Waals surface area contributed by atoms with E-state index in [0.29, 0.717) is 0 Å². The Kier molecular flexibility index (Phi) is 5.61. The fraction of sp³-hybridized carbons (Fsp3) is 0.273. The Hall–Kier alpha value is -2.60. The number of anilines is 1. The molecule has 0 aliphatic heterocycles. The van der Waals surface area contributed by atoms with Crippen LogP contribution in [0.25, 0.3) is 10.9 Å². The highest BCUT2D eigenvalue weighted by Gasteiger charge is 2.20. The molecule has 2 aromatic carbocycles. The lowest BCUT2D eigenvalue weighted by Crippen LogP contribution is -2.26. The summed E-state index contributed by atoms with van der Waals surface area (Å²) in [4.78, 5) is 12.6. The minimum Gasteiger partial charge on any atom is -0.443 e. The second kappa shape index (κ2) is 7.80. The maximum atomic E-state index is 12.6. The van der Waals surface area contributed by atoms with E-state index in [0.717, 1.165) is 32.2 Å². The van der Waals surface area contributed by atoms with Gasteiger partial charge in [-0.15, -0.1) is 0 Å². The number of halogens is 1. The van der Waals surface area contributed by atoms with Crippen LogP contribution in [0.2, 0.25) is 0 Å². The SMILES string of the molecule is Cc1ccc(N/N=C/c2cn(C(=O)OC(C)(C)C)c3ccc(Br)cc23)c(C)c1. The molecule has 0 aliphatic carbocycles. The van der Waals surface area contributed by atoms with Crippen molar-refractivity contribution in [2.75, 3.05) is 5.43 Å². The molecule has 6 heteroatoms. The number of aromatic nitrogens is 1. The number of benzene rings is 2. The molecule has 0 saturated carbocycles. The molecule has 0 fully saturated rings. The van der Waals surface area contributed by atoms with E-state index in [1.807, 2.05) is 58.0 Å². The van der Waals surface area contributed by atoms with Gasteiger partial charge < -0.3 is 4.74 Å². The Morgan fingerprint density at radius 2 is 1.93 bits per heavy atom. The number of ether oxygens (including phenoxy) is 1. The molecular formula is C22H24BrN3O2. The second-order valence-corrected chi connectivity index (χ2v) is 8.70. The summed E-state index contributed by atoms with van der Waals surface area (Å²) in [5.41, 5.74) is 7.37. The van der Waals surface area contributed by atoms with Crippen LogP contribution in [0.4, 0.5) is 10.5 Å². The summed E-state index contributed by atoms with van der Waals surface area (Å²) < 4.78 is 7.98. The molecular weight excluding hydrogens is 418 g/mol. The van der Waals surface area contributed by atoms with Gasteiger partial charge in [0.1, 0.15) is 5.60 Å². The molecule has 3 aromatic rings. The van der Waals surface area contributed by atoms with E-state index in [2.05, 4.69) is 39.4 Å². The molecule has 0 radical (unpaired) electrons. The standard InChI is InChI=1S/C22H24BrN3O2/c1-14-6-8-19(15(2)10-14)25-24-12-16-13-26(21(27)28-22(3,4)5)20-9-7-17(23)11-18(16)20/h6-13,25H,1-5H3/b24-12+. The van der Waals surface area contributed by atoms with Crippen LogP contribution in [0, 0.1) is 13.8 Å². The van der Waals surface area contributed by atoms with Gasteiger partial charge in [-0.3, -0.25) is 9.99 Å². The molecule has 0 amide bonds. The zero-order chi connectivity index (χ0) is 20.5. The molecule has 0 aliphatic rings. The van der Waals surface area contributed by atoms with Crippen molar-refractivity contribution in [1.29, 1.82) is 0 Å². The van der Waals surface area contributed by atoms with Crippen molar-refractivity contribution in [2.24, 2.45) is 5.10 Å². The lowest BCUT2D eigenvalue weighted by Gasteiger charge is -2.19. The predicted octanol–water partition coefficient (Wildman–Crippen LogP) is 6.25. The summed E-state index contributed by atoms with van der Waals surface area (Å²) in [7, 11) is 0. The van der Waals surface area contributed by atoms with E-state index in [4.69, 9.17) is 4.74 Å². The van der Waals surface area contributed by atoms with Gasteiger partial charge >= 0.3 is 6.09 Å². The molecule has 0 saturated heterocycles. The number of nitrogens with zero attached hydrogens (tertiary/aromatic N) is 2. The highest BCUT2D eigenvalue weighted by molar-refractivity contribution is 9.10. The zero-order valence-corrected chi connectivity index (χ0v) is 18.3. The quantitative estimate of drug-likeness (QED) is 0.385. The van der Waals surface area contributed by atoms with Crippen LogP contribution >= 0.6 is 15.9 Å². The average Bonchev–Trinajstić information content (AvgIpc) is 2.93. The number of rotatable bonds is 3. The summed E-state index contributed by atoms with van der Waals surface area (Å²) in [5, 5.41) is 5.28. The van der Waals surface area contributed by atoms with Crippen LogP contribution < -0.4 is 5.43 Å². The van der Waals surface area contributed by atoms with E-state index in [-0.39, 0.29) is 0 Å². The predicted molar refractivity (Wildman–Crippen MR) is 118 cm³/mol. The summed E-state index contributed by atoms with van der Waals surface area (Å²) >= 11 is 3.50. The first-order valence-electron chi connectivity index (χ1n) is 9.04. The van der Waals surface area contributed by atoms with Crippen molar-refractivity contribution in [3.8, 4) is 0 Å². The van der Waals surface area contributed by atoms with Gasteiger partial charge in [-0.2, -0.15) is 5.10 Å². The third-order valence-electron chi connectivity index (χ3n) is 4.16. The molecule has 146 valence electrons. The number of fused-ring (bicyclic) bond motifs is 1. The maximum Gasteiger partial charge on any atom is 0.419 e. The van der Waals surface area contributed by atoms with Crippen LogP contribution in [0.3, 0.4) is 0 Å². The fourth-order valence-electron chi connectivity index (χ4n) is 2.90. The first kappa shape index (κ1) is 20.1. The van der Waals surface area contributed by atoms with Crippen LogP contribution in [0.15, 0.2) is 52.2 Å². The van der Waals surface area contributed by atoms with E-state index in [1.54, 1.807) is 12.4 Å². The fourth-order valence-corrected chi connectivity index (χ4v) is 3.26. The number of nitrogens with one attached hydrogen (secondary N) is 1. The summed E-state index contributed by atoms with van der Waals surface area (Å²) in [6.45, 7) is 9.65. The Bertz CT molecular complexity index is 1060. The van der Waals surface area contributed by atoms with E-state index in [9.17, 15) is 4.79 Å². The third-order valence-corrected chi connectivity index (χ3v) is 4.65. The van der Waals surface area contributed by atoms with Crippen molar-refractivity contribution >= 4 is 44.8 Å². The molecule has 0 unspecified atom stereocenters. The highest BCUT2D eigenvalue weighted by Crippen LogP contribution is 2.25. The number of hydrogen-bond acceptors (Lipinski definition) is 4. The van der Waals surface area contributed by atoms with E-state index >= 15 is 0 Å². The average molecular weight is 442 g/mol. The molecule has 0 spiro atoms. The minimum absolute atomic E-state index is 0.415. The topological polar surface area (TPSA) is 55.6 Å². The number of carbonyl (C=O) groups is 1. The summed E-state index contributed by atoms with van der Waals surface area (Å²) in [6, 6.07) is 11.9. The molecule has 0 atom stereocenters. The first-order valence-corrected chi connectivity index (χ1v) is 9.83. The highest BCUT2D eigenvalue weighted by atomic mass is 79.9. The van der Waals surface area contributed by atoms with Crippen LogP contribution in [-0.4, -0.2) is 22.5 Å². The van der Waals surface area contributed by atoms with Crippen molar-refractivity contribution < 1.29 is 9.53 Å². The van der Waals surface area contributed by atoms with Crippen LogP contribution in [0.1, 0.15) is 37.5 Å². The number of aryl methyl sites for hydroxylation is 2. The molecule has 1 heterocycles. The van der Waals surface area contributed by atoms with E-state index < -0.39 is 11.7 Å². The monoisotopic (exact) mass is 441 g/mol. The minimum atomic E-state index is -0.568. The van der Waals surface area contributed by atoms with Gasteiger partial charge in [0, 0.05) is 21.6 Å². The first-order chi connectivity index (χ1) is 13.1. The Morgan fingerprint density at radius 1 is 1.18 bits per heavy atom. The maximum absolute atomic E-state index is 12.6. The summed E-state index contributed by atoms with van der Waals surface area (Å²) in [6.07, 6.45) is 3.05. The largest absolute Gasteiger partial charge is 0.443 e. The lowest BCUT2D eigenvalue weighted by molar-refractivity contribution is 0.0544. The summed E-state index contributed by atoms with van der Waals surface area (Å²) in [5.74, 6) is 0. The van der Waals surface area contributed by atoms with Crippen molar-refractivity contribution in [3.05, 3.63) is 63.8 Å². The smallest absolute Gasteiger partial charge is 0.419 e. The molecule has 3 rings (SSSR count). The lowest BCUT2D eigenvalue weighted by atomic mass is 10.1. The molecule has 5 nitrogen and oxygen atoms in total. The Labute approximate surface area is 173 Å². The Balaban J connectivity index is 1.94. The number of hydrogen-bond donors (Lipinski definition) is 1. The van der Waals surface area contributed by atoms with Crippen LogP contribution in [0.5, 0.6) is 0 Å². The van der Waals surface area contributed by atoms with Gasteiger partial charge in [0.05, 0.1) is 17.4 Å². The molecule has 1 aromatic heterocycles. The molecule has 28 heavy (non-hydrogen) atoms. The van der Waals surface area contributed by atoms with Crippen molar-refractivity contribution in [2.45, 2.75) is 40.2 Å². The number of carbonyl (C=O) groups excluding carboxylic acids is 1. The Morgan fingerprint density at radius 3 is 2.61 bits per heavy atom. The van der Waals surface area contributed by atoms with Crippen LogP contribution in [-0.2, 0) is 4.74 Å². The van der Waals surface area contributed by atoms with Crippen molar-refractivity contribution in [3.63, 3.8) is 0 Å². The van der Waals surface area contributed by atoms with Gasteiger partial charge in [0.2, 0.25) is 0 Å². The normalized spacial score (nSPS) is 11.9. The van der Waals surface area contributed by atoms with Gasteiger partial charge in [-0.05, 0) is 64.4 Å². The molecule has 1 N–H and O–H groups in total. The van der Waals surface area contributed by atoms with Gasteiger partial charge in [0.15, 0.2) is 0 Å². The number of hydrazone groups is 1. The second-order valence-electron chi connectivity index (χ2n) is 7.78. The van der Waals surface area contributed by atoms with Crippen molar-refractivity contribution in [1.82, 2.24) is 4.57 Å². The van der Waals surface area contributed by atoms with Gasteiger partial charge in [0.25, 0.3) is 0 Å². The van der Waals surface area contributed by atoms with Gasteiger partial charge in [-0.1, -0.05) is 33.6 Å². The third kappa shape index (κ3) is 4.62. The van der Waals surface area contributed by atoms with E-state index in [1.165, 1.54) is 10.1 Å². The zero-order valence-electron chi connectivity index (χ0n) is 16.7.